The van der Waals surface area contributed by atoms with Crippen LogP contribution in [0.4, 0.5) is 0 Å². The van der Waals surface area contributed by atoms with Gasteiger partial charge in [-0.15, -0.1) is 0 Å². The maximum atomic E-state index is 4.46. The summed E-state index contributed by atoms with van der Waals surface area (Å²) in [6.07, 6.45) is 1.54. The topological polar surface area (TPSA) is 67.1 Å². The van der Waals surface area contributed by atoms with E-state index in [0.29, 0.717) is 12.5 Å². The molecule has 0 fully saturated rings. The summed E-state index contributed by atoms with van der Waals surface area (Å²) in [5, 5.41) is 10.5. The van der Waals surface area contributed by atoms with Crippen LogP contribution in [-0.2, 0) is 13.6 Å². The van der Waals surface area contributed by atoms with Gasteiger partial charge in [-0.25, -0.2) is 9.98 Å². The predicted octanol–water partition coefficient (Wildman–Crippen LogP) is 0.526. The number of hydrogen-bond donors (Lipinski definition) is 2. The largest absolute Gasteiger partial charge is 0.357 e. The van der Waals surface area contributed by atoms with Gasteiger partial charge in [-0.2, -0.15) is 5.10 Å². The SMILES string of the molecule is CCNC(=NCc1ncnn1C)NCC(C)C. The molecule has 0 aromatic carbocycles. The van der Waals surface area contributed by atoms with Crippen LogP contribution in [0.1, 0.15) is 26.6 Å². The third kappa shape index (κ3) is 4.84. The Bertz CT molecular complexity index is 355. The van der Waals surface area contributed by atoms with E-state index in [9.17, 15) is 0 Å². The lowest BCUT2D eigenvalue weighted by molar-refractivity contribution is 0.613. The van der Waals surface area contributed by atoms with Crippen molar-refractivity contribution in [2.75, 3.05) is 13.1 Å². The number of nitrogens with one attached hydrogen (secondary N) is 2. The summed E-state index contributed by atoms with van der Waals surface area (Å²) in [4.78, 5) is 8.59. The highest BCUT2D eigenvalue weighted by Gasteiger charge is 2.01. The van der Waals surface area contributed by atoms with Crippen molar-refractivity contribution in [1.82, 2.24) is 25.4 Å². The zero-order valence-corrected chi connectivity index (χ0v) is 11.1. The summed E-state index contributed by atoms with van der Waals surface area (Å²) in [6.45, 7) is 8.67. The van der Waals surface area contributed by atoms with Gasteiger partial charge >= 0.3 is 0 Å². The summed E-state index contributed by atoms with van der Waals surface area (Å²) >= 11 is 0. The molecule has 96 valence electrons. The molecule has 2 N–H and O–H groups in total. The van der Waals surface area contributed by atoms with Gasteiger partial charge < -0.3 is 10.6 Å². The van der Waals surface area contributed by atoms with Gasteiger partial charge in [0.15, 0.2) is 5.96 Å². The van der Waals surface area contributed by atoms with Crippen molar-refractivity contribution in [3.63, 3.8) is 0 Å². The molecule has 0 spiro atoms. The lowest BCUT2D eigenvalue weighted by atomic mass is 10.2. The highest BCUT2D eigenvalue weighted by molar-refractivity contribution is 5.79. The molecule has 6 heteroatoms. The fourth-order valence-corrected chi connectivity index (χ4v) is 1.26. The van der Waals surface area contributed by atoms with Crippen LogP contribution in [0, 0.1) is 5.92 Å². The minimum Gasteiger partial charge on any atom is -0.357 e. The number of aromatic nitrogens is 3. The van der Waals surface area contributed by atoms with Crippen LogP contribution in [0.3, 0.4) is 0 Å². The maximum absolute atomic E-state index is 4.46. The van der Waals surface area contributed by atoms with Gasteiger partial charge in [-0.05, 0) is 12.8 Å². The molecule has 0 aliphatic heterocycles. The normalized spacial score (nSPS) is 11.9. The quantitative estimate of drug-likeness (QED) is 0.580. The minimum absolute atomic E-state index is 0.532. The second-order valence-electron chi connectivity index (χ2n) is 4.27. The van der Waals surface area contributed by atoms with E-state index in [1.54, 1.807) is 11.0 Å². The monoisotopic (exact) mass is 238 g/mol. The van der Waals surface area contributed by atoms with Crippen molar-refractivity contribution in [2.45, 2.75) is 27.3 Å². The number of guanidine groups is 1. The van der Waals surface area contributed by atoms with Crippen molar-refractivity contribution < 1.29 is 0 Å². The molecule has 0 saturated carbocycles. The molecular formula is C11H22N6. The number of aliphatic imine (C=N–C) groups is 1. The Labute approximate surface area is 103 Å². The number of rotatable bonds is 5. The van der Waals surface area contributed by atoms with Crippen molar-refractivity contribution in [2.24, 2.45) is 18.0 Å². The van der Waals surface area contributed by atoms with Gasteiger partial charge in [0.2, 0.25) is 0 Å². The van der Waals surface area contributed by atoms with E-state index in [4.69, 9.17) is 0 Å². The Balaban J connectivity index is 2.54. The van der Waals surface area contributed by atoms with Crippen LogP contribution >= 0.6 is 0 Å². The van der Waals surface area contributed by atoms with E-state index in [2.05, 4.69) is 46.5 Å². The summed E-state index contributed by atoms with van der Waals surface area (Å²) in [6, 6.07) is 0. The van der Waals surface area contributed by atoms with Gasteiger partial charge in [0, 0.05) is 20.1 Å². The van der Waals surface area contributed by atoms with Crippen LogP contribution in [0.2, 0.25) is 0 Å². The first-order valence-electron chi connectivity index (χ1n) is 5.98. The van der Waals surface area contributed by atoms with Crippen LogP contribution in [0.15, 0.2) is 11.3 Å². The van der Waals surface area contributed by atoms with Gasteiger partial charge in [0.25, 0.3) is 0 Å². The number of nitrogens with zero attached hydrogens (tertiary/aromatic N) is 4. The van der Waals surface area contributed by atoms with E-state index < -0.39 is 0 Å². The molecule has 0 aliphatic carbocycles. The average molecular weight is 238 g/mol. The highest BCUT2D eigenvalue weighted by atomic mass is 15.3. The first-order chi connectivity index (χ1) is 8.13. The first-order valence-corrected chi connectivity index (χ1v) is 5.98. The minimum atomic E-state index is 0.532. The van der Waals surface area contributed by atoms with E-state index in [-0.39, 0.29) is 0 Å². The Morgan fingerprint density at radius 3 is 2.76 bits per heavy atom. The maximum Gasteiger partial charge on any atom is 0.191 e. The fourth-order valence-electron chi connectivity index (χ4n) is 1.26. The Morgan fingerprint density at radius 1 is 1.47 bits per heavy atom. The number of hydrogen-bond acceptors (Lipinski definition) is 3. The van der Waals surface area contributed by atoms with Gasteiger partial charge in [-0.3, -0.25) is 4.68 Å². The van der Waals surface area contributed by atoms with Crippen LogP contribution in [0.5, 0.6) is 0 Å². The van der Waals surface area contributed by atoms with Gasteiger partial charge in [0.05, 0.1) is 0 Å². The summed E-state index contributed by atoms with van der Waals surface area (Å²) in [5.74, 6) is 2.27. The molecule has 1 aromatic rings. The Morgan fingerprint density at radius 2 is 2.24 bits per heavy atom. The molecule has 0 radical (unpaired) electrons. The predicted molar refractivity (Wildman–Crippen MR) is 68.7 cm³/mol. The lowest BCUT2D eigenvalue weighted by Gasteiger charge is -2.12. The molecule has 0 bridgehead atoms. The first kappa shape index (κ1) is 13.5. The molecular weight excluding hydrogens is 216 g/mol. The molecule has 0 amide bonds. The molecule has 0 unspecified atom stereocenters. The molecule has 1 rings (SSSR count). The van der Waals surface area contributed by atoms with Gasteiger partial charge in [-0.1, -0.05) is 13.8 Å². The molecule has 6 nitrogen and oxygen atoms in total. The summed E-state index contributed by atoms with van der Waals surface area (Å²) < 4.78 is 1.73. The van der Waals surface area contributed by atoms with Gasteiger partial charge in [0.1, 0.15) is 18.7 Å². The second-order valence-corrected chi connectivity index (χ2v) is 4.27. The molecule has 1 heterocycles. The zero-order chi connectivity index (χ0) is 12.7. The molecule has 0 atom stereocenters. The smallest absolute Gasteiger partial charge is 0.191 e. The molecule has 17 heavy (non-hydrogen) atoms. The van der Waals surface area contributed by atoms with Crippen LogP contribution < -0.4 is 10.6 Å². The van der Waals surface area contributed by atoms with Crippen molar-refractivity contribution >= 4 is 5.96 Å². The number of aryl methyl sites for hydroxylation is 1. The standard InChI is InChI=1S/C11H22N6/c1-5-12-11(13-6-9(2)3)14-7-10-15-8-16-17(10)4/h8-9H,5-7H2,1-4H3,(H2,12,13,14). The molecule has 0 saturated heterocycles. The van der Waals surface area contributed by atoms with E-state index >= 15 is 0 Å². The highest BCUT2D eigenvalue weighted by Crippen LogP contribution is 1.93. The van der Waals surface area contributed by atoms with E-state index in [0.717, 1.165) is 24.9 Å². The third-order valence-corrected chi connectivity index (χ3v) is 2.21. The van der Waals surface area contributed by atoms with E-state index in [1.165, 1.54) is 0 Å². The molecule has 1 aromatic heterocycles. The molecule has 0 aliphatic rings. The van der Waals surface area contributed by atoms with E-state index in [1.807, 2.05) is 7.05 Å². The third-order valence-electron chi connectivity index (χ3n) is 2.21. The summed E-state index contributed by atoms with van der Waals surface area (Å²) in [7, 11) is 1.87. The van der Waals surface area contributed by atoms with Crippen LogP contribution in [0.25, 0.3) is 0 Å². The van der Waals surface area contributed by atoms with Crippen molar-refractivity contribution in [3.05, 3.63) is 12.2 Å². The second kappa shape index (κ2) is 6.88. The van der Waals surface area contributed by atoms with Crippen molar-refractivity contribution in [3.8, 4) is 0 Å². The Kier molecular flexibility index (Phi) is 5.45. The average Bonchev–Trinajstić information content (AvgIpc) is 2.68. The zero-order valence-electron chi connectivity index (χ0n) is 11.1. The Hall–Kier alpha value is -1.59. The van der Waals surface area contributed by atoms with Crippen LogP contribution in [-0.4, -0.2) is 33.8 Å². The lowest BCUT2D eigenvalue weighted by Crippen LogP contribution is -2.39. The fraction of sp³-hybridized carbons (Fsp3) is 0.727. The summed E-state index contributed by atoms with van der Waals surface area (Å²) in [5.41, 5.74) is 0. The van der Waals surface area contributed by atoms with Crippen molar-refractivity contribution in [1.29, 1.82) is 0 Å².